The molecule has 1 heterocycles. The van der Waals surface area contributed by atoms with E-state index in [1.54, 1.807) is 0 Å². The lowest BCUT2D eigenvalue weighted by Gasteiger charge is -2.35. The highest BCUT2D eigenvalue weighted by atomic mass is 16.5. The van der Waals surface area contributed by atoms with Gasteiger partial charge >= 0.3 is 5.97 Å². The third-order valence-electron chi connectivity index (χ3n) is 6.14. The normalized spacial score (nSPS) is 19.4. The second-order valence-corrected chi connectivity index (χ2v) is 8.74. The maximum Gasteiger partial charge on any atom is 0.325 e. The van der Waals surface area contributed by atoms with Crippen molar-refractivity contribution < 1.29 is 19.4 Å². The lowest BCUT2D eigenvalue weighted by atomic mass is 9.91. The molecule has 0 spiro atoms. The third-order valence-corrected chi connectivity index (χ3v) is 6.14. The molecule has 0 saturated heterocycles. The van der Waals surface area contributed by atoms with Crippen molar-refractivity contribution in [3.05, 3.63) is 64.7 Å². The first kappa shape index (κ1) is 21.4. The molecule has 1 amide bonds. The van der Waals surface area contributed by atoms with Crippen LogP contribution in [-0.4, -0.2) is 35.0 Å². The average molecular weight is 423 g/mol. The van der Waals surface area contributed by atoms with Gasteiger partial charge in [-0.1, -0.05) is 30.3 Å². The topological polar surface area (TPSA) is 78.9 Å². The summed E-state index contributed by atoms with van der Waals surface area (Å²) in [6, 6.07) is 13.1. The number of nitrogens with zero attached hydrogens (tertiary/aromatic N) is 1. The first-order chi connectivity index (χ1) is 14.9. The van der Waals surface area contributed by atoms with Gasteiger partial charge in [-0.3, -0.25) is 14.5 Å². The summed E-state index contributed by atoms with van der Waals surface area (Å²) in [4.78, 5) is 25.4. The number of ether oxygens (including phenoxy) is 1. The van der Waals surface area contributed by atoms with E-state index in [0.717, 1.165) is 41.0 Å². The van der Waals surface area contributed by atoms with Crippen molar-refractivity contribution in [3.63, 3.8) is 0 Å². The fourth-order valence-corrected chi connectivity index (χ4v) is 4.24. The summed E-state index contributed by atoms with van der Waals surface area (Å²) in [5.41, 5.74) is 4.00. The van der Waals surface area contributed by atoms with E-state index in [-0.39, 0.29) is 11.9 Å². The molecule has 2 N–H and O–H groups in total. The molecule has 1 saturated carbocycles. The molecule has 2 atom stereocenters. The molecule has 1 fully saturated rings. The Morgan fingerprint density at radius 1 is 1.19 bits per heavy atom. The number of carboxylic acids is 1. The summed E-state index contributed by atoms with van der Waals surface area (Å²) in [6.45, 7) is 5.45. The van der Waals surface area contributed by atoms with Crippen molar-refractivity contribution in [2.75, 3.05) is 13.2 Å². The molecule has 31 heavy (non-hydrogen) atoms. The Hall–Kier alpha value is -2.86. The minimum absolute atomic E-state index is 0.0588. The molecule has 2 aromatic carbocycles. The Balaban J connectivity index is 1.46. The molecular weight excluding hydrogens is 392 g/mol. The summed E-state index contributed by atoms with van der Waals surface area (Å²) < 4.78 is 5.88. The molecule has 164 valence electrons. The summed E-state index contributed by atoms with van der Waals surface area (Å²) >= 11 is 0. The predicted molar refractivity (Wildman–Crippen MR) is 118 cm³/mol. The number of carbonyl (C=O) groups excluding carboxylic acids is 1. The number of carboxylic acid groups (broad SMARTS) is 1. The van der Waals surface area contributed by atoms with Gasteiger partial charge in [-0.2, -0.15) is 0 Å². The average Bonchev–Trinajstić information content (AvgIpc) is 3.56. The molecule has 2 aliphatic rings. The zero-order valence-electron chi connectivity index (χ0n) is 18.1. The minimum Gasteiger partial charge on any atom is -0.493 e. The summed E-state index contributed by atoms with van der Waals surface area (Å²) in [6.07, 6.45) is 3.29. The molecule has 4 rings (SSSR count). The van der Waals surface area contributed by atoms with Crippen LogP contribution in [0.3, 0.4) is 0 Å². The molecule has 0 bridgehead atoms. The maximum atomic E-state index is 12.2. The van der Waals surface area contributed by atoms with Crippen molar-refractivity contribution >= 4 is 11.9 Å². The van der Waals surface area contributed by atoms with E-state index in [2.05, 4.69) is 5.32 Å². The van der Waals surface area contributed by atoms with Crippen molar-refractivity contribution in [2.45, 2.75) is 51.7 Å². The molecule has 1 aliphatic heterocycles. The van der Waals surface area contributed by atoms with Crippen molar-refractivity contribution in [3.8, 4) is 5.75 Å². The SMILES string of the molecule is CC(=O)N[C@@H](C)c1ccc(CN2CCc3cc(OCC4CC4)ccc3C2C(=O)O)cc1. The van der Waals surface area contributed by atoms with Crippen LogP contribution < -0.4 is 10.1 Å². The first-order valence-corrected chi connectivity index (χ1v) is 11.0. The van der Waals surface area contributed by atoms with E-state index in [1.165, 1.54) is 19.8 Å². The van der Waals surface area contributed by atoms with Gasteiger partial charge in [0.15, 0.2) is 0 Å². The Labute approximate surface area is 183 Å². The monoisotopic (exact) mass is 422 g/mol. The Morgan fingerprint density at radius 3 is 2.58 bits per heavy atom. The Kier molecular flexibility index (Phi) is 6.28. The number of rotatable bonds is 8. The highest BCUT2D eigenvalue weighted by Crippen LogP contribution is 2.35. The Bertz CT molecular complexity index is 952. The van der Waals surface area contributed by atoms with E-state index < -0.39 is 12.0 Å². The highest BCUT2D eigenvalue weighted by Gasteiger charge is 2.33. The van der Waals surface area contributed by atoms with E-state index in [9.17, 15) is 14.7 Å². The van der Waals surface area contributed by atoms with Crippen LogP contribution in [0.1, 0.15) is 61.0 Å². The first-order valence-electron chi connectivity index (χ1n) is 11.0. The number of nitrogens with one attached hydrogen (secondary N) is 1. The molecule has 0 radical (unpaired) electrons. The van der Waals surface area contributed by atoms with Gasteiger partial charge in [0.25, 0.3) is 0 Å². The van der Waals surface area contributed by atoms with Crippen LogP contribution in [0.5, 0.6) is 5.75 Å². The fraction of sp³-hybridized carbons (Fsp3) is 0.440. The number of hydrogen-bond donors (Lipinski definition) is 2. The van der Waals surface area contributed by atoms with Gasteiger partial charge in [0.05, 0.1) is 12.6 Å². The minimum atomic E-state index is -0.830. The molecular formula is C25H30N2O4. The smallest absolute Gasteiger partial charge is 0.325 e. The van der Waals surface area contributed by atoms with E-state index in [1.807, 2.05) is 54.3 Å². The van der Waals surface area contributed by atoms with Crippen LogP contribution in [-0.2, 0) is 22.6 Å². The number of benzene rings is 2. The Morgan fingerprint density at radius 2 is 1.94 bits per heavy atom. The van der Waals surface area contributed by atoms with E-state index in [0.29, 0.717) is 19.0 Å². The van der Waals surface area contributed by atoms with Gasteiger partial charge in [0.2, 0.25) is 5.91 Å². The lowest BCUT2D eigenvalue weighted by Crippen LogP contribution is -2.39. The van der Waals surface area contributed by atoms with Crippen LogP contribution in [0.25, 0.3) is 0 Å². The maximum absolute atomic E-state index is 12.2. The molecule has 0 aromatic heterocycles. The highest BCUT2D eigenvalue weighted by molar-refractivity contribution is 5.77. The van der Waals surface area contributed by atoms with Gasteiger partial charge in [-0.05, 0) is 66.5 Å². The lowest BCUT2D eigenvalue weighted by molar-refractivity contribution is -0.144. The number of hydrogen-bond acceptors (Lipinski definition) is 4. The van der Waals surface area contributed by atoms with Crippen LogP contribution in [0.15, 0.2) is 42.5 Å². The van der Waals surface area contributed by atoms with Gasteiger partial charge in [0.1, 0.15) is 11.8 Å². The second kappa shape index (κ2) is 9.10. The van der Waals surface area contributed by atoms with Crippen LogP contribution in [0.4, 0.5) is 0 Å². The van der Waals surface area contributed by atoms with Crippen LogP contribution >= 0.6 is 0 Å². The largest absolute Gasteiger partial charge is 0.493 e. The zero-order chi connectivity index (χ0) is 22.0. The van der Waals surface area contributed by atoms with Gasteiger partial charge in [-0.25, -0.2) is 0 Å². The van der Waals surface area contributed by atoms with Gasteiger partial charge in [0, 0.05) is 20.0 Å². The van der Waals surface area contributed by atoms with Crippen LogP contribution in [0, 0.1) is 5.92 Å². The third kappa shape index (κ3) is 5.25. The fourth-order valence-electron chi connectivity index (χ4n) is 4.24. The summed E-state index contributed by atoms with van der Waals surface area (Å²) in [7, 11) is 0. The summed E-state index contributed by atoms with van der Waals surface area (Å²) in [5.74, 6) is 0.635. The standard InChI is InChI=1S/C25H30N2O4/c1-16(26-17(2)28)20-7-5-18(6-8-20)14-27-12-11-21-13-22(31-15-19-3-4-19)9-10-23(21)24(27)25(29)30/h5-10,13,16,19,24H,3-4,11-12,14-15H2,1-2H3,(H,26,28)(H,29,30)/t16-,24?/m0/s1. The quantitative estimate of drug-likeness (QED) is 0.675. The molecule has 2 aromatic rings. The molecule has 1 unspecified atom stereocenters. The van der Waals surface area contributed by atoms with Crippen molar-refractivity contribution in [1.29, 1.82) is 0 Å². The zero-order valence-corrected chi connectivity index (χ0v) is 18.1. The van der Waals surface area contributed by atoms with Gasteiger partial charge in [-0.15, -0.1) is 0 Å². The molecule has 1 aliphatic carbocycles. The summed E-state index contributed by atoms with van der Waals surface area (Å²) in [5, 5.41) is 12.9. The van der Waals surface area contributed by atoms with Crippen molar-refractivity contribution in [2.24, 2.45) is 5.92 Å². The number of carbonyl (C=O) groups is 2. The van der Waals surface area contributed by atoms with E-state index >= 15 is 0 Å². The number of amides is 1. The molecule has 6 nitrogen and oxygen atoms in total. The van der Waals surface area contributed by atoms with Gasteiger partial charge < -0.3 is 15.2 Å². The molecule has 6 heteroatoms. The van der Waals surface area contributed by atoms with E-state index in [4.69, 9.17) is 4.74 Å². The predicted octanol–water partition coefficient (Wildman–Crippen LogP) is 3.86. The van der Waals surface area contributed by atoms with Crippen LogP contribution in [0.2, 0.25) is 0 Å². The van der Waals surface area contributed by atoms with Crippen molar-refractivity contribution in [1.82, 2.24) is 10.2 Å². The second-order valence-electron chi connectivity index (χ2n) is 8.74. The number of aliphatic carboxylic acids is 1. The number of fused-ring (bicyclic) bond motifs is 1.